The van der Waals surface area contributed by atoms with Gasteiger partial charge in [-0.15, -0.1) is 0 Å². The number of aryl methyl sites for hydroxylation is 1. The van der Waals surface area contributed by atoms with Gasteiger partial charge in [-0.2, -0.15) is 0 Å². The normalized spacial score (nSPS) is 19.6. The molecular weight excluding hydrogens is 388 g/mol. The topological polar surface area (TPSA) is 57.6 Å². The Morgan fingerprint density at radius 2 is 1.87 bits per heavy atom. The van der Waals surface area contributed by atoms with Crippen LogP contribution in [0.1, 0.15) is 53.2 Å². The van der Waals surface area contributed by atoms with E-state index in [9.17, 15) is 9.59 Å². The van der Waals surface area contributed by atoms with Crippen LogP contribution in [0.3, 0.4) is 0 Å². The van der Waals surface area contributed by atoms with E-state index in [1.54, 1.807) is 0 Å². The van der Waals surface area contributed by atoms with Gasteiger partial charge in [0.15, 0.2) is 0 Å². The highest BCUT2D eigenvalue weighted by Crippen LogP contribution is 2.52. The minimum absolute atomic E-state index is 0.0795. The van der Waals surface area contributed by atoms with Crippen molar-refractivity contribution >= 4 is 11.8 Å². The van der Waals surface area contributed by atoms with Crippen molar-refractivity contribution in [3.63, 3.8) is 0 Å². The molecule has 6 heteroatoms. The highest BCUT2D eigenvalue weighted by Gasteiger charge is 2.46. The number of carbonyl (C=O) groups is 2. The first-order chi connectivity index (χ1) is 14.9. The zero-order valence-electron chi connectivity index (χ0n) is 18.9. The predicted octanol–water partition coefficient (Wildman–Crippen LogP) is 2.75. The van der Waals surface area contributed by atoms with Gasteiger partial charge in [0.05, 0.1) is 0 Å². The Bertz CT molecular complexity index is 941. The molecule has 1 saturated heterocycles. The van der Waals surface area contributed by atoms with Crippen molar-refractivity contribution in [3.8, 4) is 0 Å². The van der Waals surface area contributed by atoms with E-state index in [0.717, 1.165) is 44.6 Å². The van der Waals surface area contributed by atoms with E-state index in [1.165, 1.54) is 11.1 Å². The van der Waals surface area contributed by atoms with Gasteiger partial charge in [0, 0.05) is 45.8 Å². The lowest BCUT2D eigenvalue weighted by molar-refractivity contribution is -0.121. The van der Waals surface area contributed by atoms with Crippen LogP contribution in [-0.4, -0.2) is 66.5 Å². The molecule has 1 N–H and O–H groups in total. The van der Waals surface area contributed by atoms with E-state index in [-0.39, 0.29) is 23.1 Å². The zero-order valence-corrected chi connectivity index (χ0v) is 18.9. The lowest BCUT2D eigenvalue weighted by Crippen LogP contribution is -2.44. The first-order valence-corrected chi connectivity index (χ1v) is 11.3. The molecule has 0 bridgehead atoms. The van der Waals surface area contributed by atoms with Crippen molar-refractivity contribution in [2.45, 2.75) is 37.0 Å². The van der Waals surface area contributed by atoms with Crippen LogP contribution in [0.4, 0.5) is 0 Å². The number of fused-ring (bicyclic) bond motifs is 2. The molecule has 166 valence electrons. The molecule has 0 saturated carbocycles. The van der Waals surface area contributed by atoms with Gasteiger partial charge < -0.3 is 19.7 Å². The minimum atomic E-state index is 0.0795. The maximum atomic E-state index is 12.9. The summed E-state index contributed by atoms with van der Waals surface area (Å²) in [5.74, 6) is 0.506. The molecule has 2 heterocycles. The van der Waals surface area contributed by atoms with Gasteiger partial charge in [0.2, 0.25) is 5.91 Å². The second-order valence-electron chi connectivity index (χ2n) is 9.42. The van der Waals surface area contributed by atoms with E-state index in [2.05, 4.69) is 34.5 Å². The van der Waals surface area contributed by atoms with Crippen molar-refractivity contribution in [1.29, 1.82) is 0 Å². The molecule has 0 radical (unpaired) electrons. The van der Waals surface area contributed by atoms with E-state index < -0.39 is 0 Å². The Hall–Kier alpha value is -2.60. The summed E-state index contributed by atoms with van der Waals surface area (Å²) in [5, 5.41) is 3.07. The molecule has 1 aliphatic carbocycles. The predicted molar refractivity (Wildman–Crippen MR) is 122 cm³/mol. The molecule has 2 amide bonds. The van der Waals surface area contributed by atoms with Crippen LogP contribution in [0.15, 0.2) is 42.6 Å². The maximum absolute atomic E-state index is 12.9. The Kier molecular flexibility index (Phi) is 6.19. The number of piperidine rings is 1. The third-order valence-corrected chi connectivity index (χ3v) is 7.09. The summed E-state index contributed by atoms with van der Waals surface area (Å²) in [5.41, 5.74) is 3.55. The molecule has 6 nitrogen and oxygen atoms in total. The van der Waals surface area contributed by atoms with Gasteiger partial charge in [-0.1, -0.05) is 24.3 Å². The van der Waals surface area contributed by atoms with Gasteiger partial charge in [-0.3, -0.25) is 9.59 Å². The molecule has 31 heavy (non-hydrogen) atoms. The fraction of sp³-hybridized carbons (Fsp3) is 0.520. The number of nitrogens with one attached hydrogen (secondary N) is 1. The fourth-order valence-electron chi connectivity index (χ4n) is 5.38. The Labute approximate surface area is 185 Å². The van der Waals surface area contributed by atoms with Crippen molar-refractivity contribution < 1.29 is 9.59 Å². The molecule has 1 aliphatic heterocycles. The molecule has 1 fully saturated rings. The first kappa shape index (κ1) is 21.6. The van der Waals surface area contributed by atoms with Crippen molar-refractivity contribution in [1.82, 2.24) is 19.7 Å². The third-order valence-electron chi connectivity index (χ3n) is 7.09. The molecule has 0 unspecified atom stereocenters. The monoisotopic (exact) mass is 422 g/mol. The van der Waals surface area contributed by atoms with Crippen LogP contribution in [0.2, 0.25) is 0 Å². The number of rotatable bonds is 6. The summed E-state index contributed by atoms with van der Waals surface area (Å²) >= 11 is 0. The minimum Gasteiger partial charge on any atom is -0.355 e. The quantitative estimate of drug-likeness (QED) is 0.779. The summed E-state index contributed by atoms with van der Waals surface area (Å²) < 4.78 is 1.89. The molecule has 2 aliphatic rings. The van der Waals surface area contributed by atoms with Crippen LogP contribution < -0.4 is 5.32 Å². The third kappa shape index (κ3) is 4.40. The summed E-state index contributed by atoms with van der Waals surface area (Å²) in [4.78, 5) is 29.6. The number of benzene rings is 1. The number of carbonyl (C=O) groups excluding carboxylic acids is 2. The Morgan fingerprint density at radius 1 is 1.13 bits per heavy atom. The highest BCUT2D eigenvalue weighted by atomic mass is 16.2. The van der Waals surface area contributed by atoms with Crippen LogP contribution in [-0.2, 0) is 17.3 Å². The Morgan fingerprint density at radius 3 is 2.55 bits per heavy atom. The second-order valence-corrected chi connectivity index (χ2v) is 9.42. The van der Waals surface area contributed by atoms with Crippen LogP contribution in [0.25, 0.3) is 0 Å². The molecule has 1 aromatic heterocycles. The van der Waals surface area contributed by atoms with Crippen LogP contribution >= 0.6 is 0 Å². The zero-order chi connectivity index (χ0) is 22.0. The Balaban J connectivity index is 1.43. The van der Waals surface area contributed by atoms with Crippen molar-refractivity contribution in [2.24, 2.45) is 7.05 Å². The highest BCUT2D eigenvalue weighted by molar-refractivity contribution is 5.92. The molecule has 4 rings (SSSR count). The van der Waals surface area contributed by atoms with Gasteiger partial charge >= 0.3 is 0 Å². The summed E-state index contributed by atoms with van der Waals surface area (Å²) in [6.07, 6.45) is 5.37. The summed E-state index contributed by atoms with van der Waals surface area (Å²) in [6, 6.07) is 12.4. The molecule has 2 aromatic rings. The van der Waals surface area contributed by atoms with E-state index in [1.807, 2.05) is 48.9 Å². The van der Waals surface area contributed by atoms with E-state index in [0.29, 0.717) is 13.0 Å². The number of likely N-dealkylation sites (N-methyl/N-ethyl adjacent to an activating group) is 1. The van der Waals surface area contributed by atoms with Crippen molar-refractivity contribution in [2.75, 3.05) is 40.3 Å². The standard InChI is InChI=1S/C25H34N4O2/c1-27(2)16-12-26-23(30)17-19-18-25(21-8-5-4-7-20(19)21)10-14-29(15-11-25)24(31)22-9-6-13-28(22)3/h4-9,13,19H,10-12,14-18H2,1-3H3,(H,26,30)/t19-/m1/s1. The van der Waals surface area contributed by atoms with Crippen LogP contribution in [0.5, 0.6) is 0 Å². The largest absolute Gasteiger partial charge is 0.355 e. The van der Waals surface area contributed by atoms with Gasteiger partial charge in [-0.25, -0.2) is 0 Å². The summed E-state index contributed by atoms with van der Waals surface area (Å²) in [7, 11) is 5.94. The number of likely N-dealkylation sites (tertiary alicyclic amines) is 1. The number of aromatic nitrogens is 1. The number of hydrogen-bond donors (Lipinski definition) is 1. The molecular formula is C25H34N4O2. The van der Waals surface area contributed by atoms with Gasteiger partial charge in [-0.05, 0) is 68.0 Å². The van der Waals surface area contributed by atoms with Gasteiger partial charge in [0.1, 0.15) is 5.69 Å². The second kappa shape index (κ2) is 8.87. The lowest BCUT2D eigenvalue weighted by Gasteiger charge is -2.40. The summed E-state index contributed by atoms with van der Waals surface area (Å²) in [6.45, 7) is 3.06. The number of hydrogen-bond acceptors (Lipinski definition) is 3. The number of amides is 2. The SMILES string of the molecule is CN(C)CCNC(=O)C[C@@H]1CC2(CCN(C(=O)c3cccn3C)CC2)c2ccccc21. The molecule has 1 spiro atoms. The van der Waals surface area contributed by atoms with Crippen LogP contribution in [0, 0.1) is 0 Å². The average molecular weight is 423 g/mol. The molecule has 1 atom stereocenters. The van der Waals surface area contributed by atoms with E-state index in [4.69, 9.17) is 0 Å². The van der Waals surface area contributed by atoms with E-state index >= 15 is 0 Å². The maximum Gasteiger partial charge on any atom is 0.270 e. The van der Waals surface area contributed by atoms with Gasteiger partial charge in [0.25, 0.3) is 5.91 Å². The first-order valence-electron chi connectivity index (χ1n) is 11.3. The average Bonchev–Trinajstić information content (AvgIpc) is 3.30. The lowest BCUT2D eigenvalue weighted by atomic mass is 9.73. The fourth-order valence-corrected chi connectivity index (χ4v) is 5.38. The smallest absolute Gasteiger partial charge is 0.270 e. The number of nitrogens with zero attached hydrogens (tertiary/aromatic N) is 3. The van der Waals surface area contributed by atoms with Crippen molar-refractivity contribution in [3.05, 3.63) is 59.4 Å². The molecule has 1 aromatic carbocycles.